The van der Waals surface area contributed by atoms with Gasteiger partial charge in [-0.1, -0.05) is 35.9 Å². The fraction of sp³-hybridized carbons (Fsp3) is 0.208. The van der Waals surface area contributed by atoms with E-state index < -0.39 is 32.6 Å². The van der Waals surface area contributed by atoms with E-state index >= 15 is 0 Å². The molecule has 1 heterocycles. The molecule has 9 nitrogen and oxygen atoms in total. The zero-order chi connectivity index (χ0) is 26.1. The summed E-state index contributed by atoms with van der Waals surface area (Å²) in [5, 5.41) is 2.65. The van der Waals surface area contributed by atoms with E-state index in [1.54, 1.807) is 25.1 Å². The quantitative estimate of drug-likeness (QED) is 0.444. The number of nitrogens with zero attached hydrogens (tertiary/aromatic N) is 1. The summed E-state index contributed by atoms with van der Waals surface area (Å²) in [4.78, 5) is 12.5. The molecule has 0 radical (unpaired) electrons. The minimum atomic E-state index is -3.83. The standard InChI is InChI=1S/C24H24ClN3O6S2/c1-16-7-8-18(35(30,31)26-2)14-21(16)27-24(29)15-34-23-10-9-19(13-20(23)25)36(32,33)28-12-11-17-5-3-4-6-22(17)28/h3-10,13-14,26H,11-12,15H2,1-2H3,(H,27,29). The number of benzene rings is 3. The molecule has 3 aromatic rings. The van der Waals surface area contributed by atoms with Crippen LogP contribution in [0.4, 0.5) is 11.4 Å². The number of anilines is 2. The van der Waals surface area contributed by atoms with Gasteiger partial charge in [-0.05, 0) is 67.9 Å². The molecule has 0 saturated heterocycles. The Hall–Kier alpha value is -3.12. The van der Waals surface area contributed by atoms with Crippen LogP contribution in [0.25, 0.3) is 0 Å². The predicted molar refractivity (Wildman–Crippen MR) is 138 cm³/mol. The molecule has 0 aromatic heterocycles. The van der Waals surface area contributed by atoms with Gasteiger partial charge in [0, 0.05) is 12.2 Å². The van der Waals surface area contributed by atoms with Gasteiger partial charge in [0.1, 0.15) is 5.75 Å². The van der Waals surface area contributed by atoms with E-state index in [9.17, 15) is 21.6 Å². The average molecular weight is 550 g/mol. The number of sulfonamides is 2. The molecule has 0 spiro atoms. The number of hydrogen-bond donors (Lipinski definition) is 2. The molecule has 1 aliphatic heterocycles. The maximum atomic E-state index is 13.2. The largest absolute Gasteiger partial charge is 0.482 e. The molecule has 2 N–H and O–H groups in total. The lowest BCUT2D eigenvalue weighted by molar-refractivity contribution is -0.118. The zero-order valence-electron chi connectivity index (χ0n) is 19.5. The summed E-state index contributed by atoms with van der Waals surface area (Å²) in [6.45, 7) is 1.64. The van der Waals surface area contributed by atoms with Gasteiger partial charge in [-0.3, -0.25) is 9.10 Å². The number of halogens is 1. The Kier molecular flexibility index (Phi) is 7.28. The van der Waals surface area contributed by atoms with Crippen molar-refractivity contribution in [3.63, 3.8) is 0 Å². The van der Waals surface area contributed by atoms with E-state index in [2.05, 4.69) is 10.0 Å². The van der Waals surface area contributed by atoms with E-state index in [1.807, 2.05) is 12.1 Å². The smallest absolute Gasteiger partial charge is 0.264 e. The van der Waals surface area contributed by atoms with E-state index in [-0.39, 0.29) is 20.6 Å². The van der Waals surface area contributed by atoms with Crippen LogP contribution in [-0.4, -0.2) is 42.9 Å². The third-order valence-electron chi connectivity index (χ3n) is 5.76. The number of carbonyl (C=O) groups is 1. The molecule has 3 aromatic carbocycles. The number of ether oxygens (including phenoxy) is 1. The molecule has 12 heteroatoms. The summed E-state index contributed by atoms with van der Waals surface area (Å²) < 4.78 is 59.5. The van der Waals surface area contributed by atoms with Gasteiger partial charge in [0.2, 0.25) is 10.0 Å². The average Bonchev–Trinajstić information content (AvgIpc) is 3.29. The molecule has 36 heavy (non-hydrogen) atoms. The molecule has 190 valence electrons. The SMILES string of the molecule is CNS(=O)(=O)c1ccc(C)c(NC(=O)COc2ccc(S(=O)(=O)N3CCc4ccccc43)cc2Cl)c1. The summed E-state index contributed by atoms with van der Waals surface area (Å²) in [6, 6.07) is 15.8. The number of rotatable bonds is 8. The molecule has 0 aliphatic carbocycles. The van der Waals surface area contributed by atoms with Gasteiger partial charge in [-0.2, -0.15) is 0 Å². The fourth-order valence-corrected chi connectivity index (χ4v) is 6.38. The lowest BCUT2D eigenvalue weighted by Gasteiger charge is -2.20. The van der Waals surface area contributed by atoms with Crippen LogP contribution in [0.1, 0.15) is 11.1 Å². The fourth-order valence-electron chi connectivity index (χ4n) is 3.79. The van der Waals surface area contributed by atoms with Crippen molar-refractivity contribution in [3.8, 4) is 5.75 Å². The summed E-state index contributed by atoms with van der Waals surface area (Å²) in [5.74, 6) is -0.408. The van der Waals surface area contributed by atoms with Gasteiger partial charge in [0.25, 0.3) is 15.9 Å². The number of fused-ring (bicyclic) bond motifs is 1. The zero-order valence-corrected chi connectivity index (χ0v) is 21.9. The monoisotopic (exact) mass is 549 g/mol. The van der Waals surface area contributed by atoms with Gasteiger partial charge in [0.05, 0.1) is 20.5 Å². The van der Waals surface area contributed by atoms with Gasteiger partial charge >= 0.3 is 0 Å². The van der Waals surface area contributed by atoms with Crippen LogP contribution in [0.2, 0.25) is 5.02 Å². The molecule has 0 atom stereocenters. The van der Waals surface area contributed by atoms with Crippen LogP contribution >= 0.6 is 11.6 Å². The number of hydrogen-bond acceptors (Lipinski definition) is 6. The Labute approximate surface area is 215 Å². The second-order valence-electron chi connectivity index (χ2n) is 8.07. The molecule has 1 aliphatic rings. The first-order chi connectivity index (χ1) is 17.0. The Balaban J connectivity index is 1.45. The Bertz CT molecular complexity index is 1540. The van der Waals surface area contributed by atoms with E-state index in [0.29, 0.717) is 29.9 Å². The highest BCUT2D eigenvalue weighted by molar-refractivity contribution is 7.92. The first-order valence-corrected chi connectivity index (χ1v) is 14.2. The molecule has 1 amide bonds. The van der Waals surface area contributed by atoms with Crippen LogP contribution in [-0.2, 0) is 31.3 Å². The number of para-hydroxylation sites is 1. The first kappa shape index (κ1) is 26.0. The van der Waals surface area contributed by atoms with Crippen LogP contribution in [0.3, 0.4) is 0 Å². The normalized spacial score (nSPS) is 13.4. The van der Waals surface area contributed by atoms with Crippen molar-refractivity contribution in [2.24, 2.45) is 0 Å². The van der Waals surface area contributed by atoms with E-state index in [0.717, 1.165) is 5.56 Å². The molecule has 0 fully saturated rings. The minimum absolute atomic E-state index is 0.00675. The van der Waals surface area contributed by atoms with Crippen molar-refractivity contribution in [2.75, 3.05) is 29.8 Å². The lowest BCUT2D eigenvalue weighted by Crippen LogP contribution is -2.29. The van der Waals surface area contributed by atoms with Crippen molar-refractivity contribution in [3.05, 3.63) is 76.8 Å². The van der Waals surface area contributed by atoms with Crippen LogP contribution < -0.4 is 19.1 Å². The van der Waals surface area contributed by atoms with Gasteiger partial charge in [-0.15, -0.1) is 0 Å². The van der Waals surface area contributed by atoms with Gasteiger partial charge in [-0.25, -0.2) is 21.6 Å². The molecule has 0 bridgehead atoms. The lowest BCUT2D eigenvalue weighted by atomic mass is 10.2. The maximum absolute atomic E-state index is 13.2. The summed E-state index contributed by atoms with van der Waals surface area (Å²) in [7, 11) is -6.21. The topological polar surface area (TPSA) is 122 Å². The van der Waals surface area contributed by atoms with Crippen molar-refractivity contribution in [2.45, 2.75) is 23.1 Å². The molecule has 4 rings (SSSR count). The molecule has 0 unspecified atom stereocenters. The number of carbonyl (C=O) groups excluding carboxylic acids is 1. The predicted octanol–water partition coefficient (Wildman–Crippen LogP) is 3.33. The van der Waals surface area contributed by atoms with Crippen molar-refractivity contribution in [1.82, 2.24) is 4.72 Å². The third-order valence-corrected chi connectivity index (χ3v) is 9.27. The van der Waals surface area contributed by atoms with E-state index in [1.165, 1.54) is 41.7 Å². The Morgan fingerprint density at radius 1 is 1.03 bits per heavy atom. The highest BCUT2D eigenvalue weighted by Crippen LogP contribution is 2.35. The maximum Gasteiger partial charge on any atom is 0.264 e. The molecular weight excluding hydrogens is 526 g/mol. The third kappa shape index (κ3) is 5.19. The second kappa shape index (κ2) is 10.1. The number of amides is 1. The van der Waals surface area contributed by atoms with Crippen LogP contribution in [0, 0.1) is 6.92 Å². The van der Waals surface area contributed by atoms with Gasteiger partial charge < -0.3 is 10.1 Å². The highest BCUT2D eigenvalue weighted by atomic mass is 35.5. The minimum Gasteiger partial charge on any atom is -0.482 e. The summed E-state index contributed by atoms with van der Waals surface area (Å²) in [5.41, 5.74) is 2.59. The number of nitrogens with one attached hydrogen (secondary N) is 2. The van der Waals surface area contributed by atoms with Crippen LogP contribution in [0.15, 0.2) is 70.5 Å². The first-order valence-electron chi connectivity index (χ1n) is 10.9. The molecule has 0 saturated carbocycles. The van der Waals surface area contributed by atoms with Crippen LogP contribution in [0.5, 0.6) is 5.75 Å². The van der Waals surface area contributed by atoms with Crippen molar-refractivity contribution < 1.29 is 26.4 Å². The van der Waals surface area contributed by atoms with Crippen molar-refractivity contribution in [1.29, 1.82) is 0 Å². The highest BCUT2D eigenvalue weighted by Gasteiger charge is 2.31. The summed E-state index contributed by atoms with van der Waals surface area (Å²) >= 11 is 6.28. The molecular formula is C24H24ClN3O6S2. The Morgan fingerprint density at radius 3 is 2.47 bits per heavy atom. The second-order valence-corrected chi connectivity index (χ2v) is 12.2. The van der Waals surface area contributed by atoms with Gasteiger partial charge in [0.15, 0.2) is 6.61 Å². The van der Waals surface area contributed by atoms with E-state index in [4.69, 9.17) is 16.3 Å². The summed E-state index contributed by atoms with van der Waals surface area (Å²) in [6.07, 6.45) is 0.628. The van der Waals surface area contributed by atoms with Crippen molar-refractivity contribution >= 4 is 48.9 Å². The Morgan fingerprint density at radius 2 is 1.75 bits per heavy atom. The number of aryl methyl sites for hydroxylation is 1.